The monoisotopic (exact) mass is 339 g/mol. The second kappa shape index (κ2) is 7.58. The maximum atomic E-state index is 11.4. The van der Waals surface area contributed by atoms with Crippen LogP contribution in [-0.2, 0) is 16.1 Å². The van der Waals surface area contributed by atoms with Gasteiger partial charge in [-0.2, -0.15) is 0 Å². The Bertz CT molecular complexity index is 639. The minimum absolute atomic E-state index is 0.275. The van der Waals surface area contributed by atoms with Gasteiger partial charge >= 0.3 is 5.97 Å². The Balaban J connectivity index is 2.02. The summed E-state index contributed by atoms with van der Waals surface area (Å²) in [5.41, 5.74) is 2.14. The van der Waals surface area contributed by atoms with Crippen molar-refractivity contribution in [3.63, 3.8) is 0 Å². The molecule has 0 bridgehead atoms. The summed E-state index contributed by atoms with van der Waals surface area (Å²) in [6, 6.07) is 7.02. The van der Waals surface area contributed by atoms with E-state index in [1.165, 1.54) is 19.5 Å². The smallest absolute Gasteiger partial charge is 0.337 e. The molecule has 0 aliphatic carbocycles. The Morgan fingerprint density at radius 3 is 2.32 bits per heavy atom. The van der Waals surface area contributed by atoms with E-state index >= 15 is 0 Å². The number of aromatic nitrogens is 1. The van der Waals surface area contributed by atoms with Gasteiger partial charge < -0.3 is 9.47 Å². The van der Waals surface area contributed by atoms with E-state index in [-0.39, 0.29) is 12.1 Å². The number of rotatable bonds is 5. The van der Waals surface area contributed by atoms with Crippen LogP contribution < -0.4 is 0 Å². The first kappa shape index (κ1) is 16.7. The molecule has 0 aliphatic heterocycles. The molecule has 0 fully saturated rings. The summed E-state index contributed by atoms with van der Waals surface area (Å²) in [6.07, 6.45) is 2.80. The lowest BCUT2D eigenvalue weighted by Crippen LogP contribution is -2.04. The third-order valence-electron chi connectivity index (χ3n) is 3.17. The fourth-order valence-electron chi connectivity index (χ4n) is 1.97. The molecule has 2 aromatic rings. The highest BCUT2D eigenvalue weighted by Gasteiger charge is 2.15. The van der Waals surface area contributed by atoms with Crippen molar-refractivity contribution in [3.05, 3.63) is 63.4 Å². The molecule has 0 spiro atoms. The Labute approximate surface area is 139 Å². The molecule has 0 saturated heterocycles. The average Bonchev–Trinajstić information content (AvgIpc) is 2.52. The van der Waals surface area contributed by atoms with E-state index in [1.54, 1.807) is 12.1 Å². The molecule has 4 nitrogen and oxygen atoms in total. The van der Waals surface area contributed by atoms with Crippen LogP contribution >= 0.6 is 23.2 Å². The van der Waals surface area contributed by atoms with Crippen LogP contribution in [0.5, 0.6) is 0 Å². The van der Waals surface area contributed by atoms with Gasteiger partial charge in [-0.05, 0) is 24.6 Å². The van der Waals surface area contributed by atoms with Crippen molar-refractivity contribution in [3.8, 4) is 0 Å². The SMILES string of the molecule is COC(=O)c1ccc(COC(C)c2c(Cl)cncc2Cl)cc1. The van der Waals surface area contributed by atoms with Gasteiger partial charge in [-0.3, -0.25) is 4.98 Å². The number of carbonyl (C=O) groups excluding carboxylic acids is 1. The minimum Gasteiger partial charge on any atom is -0.465 e. The molecule has 0 amide bonds. The topological polar surface area (TPSA) is 48.4 Å². The van der Waals surface area contributed by atoms with Crippen molar-refractivity contribution >= 4 is 29.2 Å². The van der Waals surface area contributed by atoms with Crippen LogP contribution in [-0.4, -0.2) is 18.1 Å². The molecule has 1 aromatic carbocycles. The van der Waals surface area contributed by atoms with Crippen molar-refractivity contribution in [2.45, 2.75) is 19.6 Å². The maximum absolute atomic E-state index is 11.4. The largest absolute Gasteiger partial charge is 0.465 e. The highest BCUT2D eigenvalue weighted by Crippen LogP contribution is 2.31. The number of hydrogen-bond donors (Lipinski definition) is 0. The number of esters is 1. The Morgan fingerprint density at radius 1 is 1.18 bits per heavy atom. The van der Waals surface area contributed by atoms with Crippen LogP contribution in [0.3, 0.4) is 0 Å². The van der Waals surface area contributed by atoms with Crippen molar-refractivity contribution in [2.24, 2.45) is 0 Å². The van der Waals surface area contributed by atoms with E-state index in [4.69, 9.17) is 27.9 Å². The molecular weight excluding hydrogens is 325 g/mol. The van der Waals surface area contributed by atoms with Gasteiger partial charge in [0.25, 0.3) is 0 Å². The Hall–Kier alpha value is -1.62. The number of ether oxygens (including phenoxy) is 2. The first-order chi connectivity index (χ1) is 10.5. The van der Waals surface area contributed by atoms with Gasteiger partial charge in [-0.1, -0.05) is 35.3 Å². The number of hydrogen-bond acceptors (Lipinski definition) is 4. The molecule has 0 saturated carbocycles. The molecule has 116 valence electrons. The molecule has 0 radical (unpaired) electrons. The van der Waals surface area contributed by atoms with Crippen LogP contribution in [0.4, 0.5) is 0 Å². The molecule has 1 heterocycles. The number of halogens is 2. The summed E-state index contributed by atoms with van der Waals surface area (Å²) in [7, 11) is 1.35. The highest BCUT2D eigenvalue weighted by molar-refractivity contribution is 6.35. The molecule has 1 unspecified atom stereocenters. The molecule has 1 aromatic heterocycles. The van der Waals surface area contributed by atoms with E-state index in [0.717, 1.165) is 5.56 Å². The van der Waals surface area contributed by atoms with Gasteiger partial charge in [0, 0.05) is 18.0 Å². The predicted molar refractivity (Wildman–Crippen MR) is 85.2 cm³/mol. The van der Waals surface area contributed by atoms with Gasteiger partial charge in [-0.25, -0.2) is 4.79 Å². The van der Waals surface area contributed by atoms with Crippen LogP contribution in [0.2, 0.25) is 10.0 Å². The third kappa shape index (κ3) is 3.97. The van der Waals surface area contributed by atoms with E-state index < -0.39 is 0 Å². The third-order valence-corrected chi connectivity index (χ3v) is 3.77. The second-order valence-corrected chi connectivity index (χ2v) is 5.47. The van der Waals surface area contributed by atoms with Crippen LogP contribution in [0, 0.1) is 0 Å². The lowest BCUT2D eigenvalue weighted by molar-refractivity contribution is 0.0524. The van der Waals surface area contributed by atoms with Gasteiger partial charge in [0.05, 0.1) is 35.4 Å². The normalized spacial score (nSPS) is 12.0. The average molecular weight is 340 g/mol. The van der Waals surface area contributed by atoms with E-state index in [1.807, 2.05) is 19.1 Å². The van der Waals surface area contributed by atoms with Crippen molar-refractivity contribution < 1.29 is 14.3 Å². The molecule has 0 N–H and O–H groups in total. The van der Waals surface area contributed by atoms with Gasteiger partial charge in [0.15, 0.2) is 0 Å². The fraction of sp³-hybridized carbons (Fsp3) is 0.250. The maximum Gasteiger partial charge on any atom is 0.337 e. The number of pyridine rings is 1. The number of carbonyl (C=O) groups is 1. The molecule has 22 heavy (non-hydrogen) atoms. The summed E-state index contributed by atoms with van der Waals surface area (Å²) >= 11 is 12.2. The van der Waals surface area contributed by atoms with Crippen molar-refractivity contribution in [2.75, 3.05) is 7.11 Å². The lowest BCUT2D eigenvalue weighted by atomic mass is 10.1. The van der Waals surface area contributed by atoms with Gasteiger partial charge in [0.1, 0.15) is 0 Å². The number of benzene rings is 1. The molecule has 2 rings (SSSR count). The first-order valence-electron chi connectivity index (χ1n) is 6.60. The van der Waals surface area contributed by atoms with Crippen molar-refractivity contribution in [1.29, 1.82) is 0 Å². The summed E-state index contributed by atoms with van der Waals surface area (Å²) in [6.45, 7) is 2.24. The quantitative estimate of drug-likeness (QED) is 0.755. The standard InChI is InChI=1S/C16H15Cl2NO3/c1-10(15-13(17)7-19-8-14(15)18)22-9-11-3-5-12(6-4-11)16(20)21-2/h3-8,10H,9H2,1-2H3. The zero-order valence-electron chi connectivity index (χ0n) is 12.2. The summed E-state index contributed by atoms with van der Waals surface area (Å²) in [5.74, 6) is -0.365. The summed E-state index contributed by atoms with van der Waals surface area (Å²) < 4.78 is 10.4. The highest BCUT2D eigenvalue weighted by atomic mass is 35.5. The van der Waals surface area contributed by atoms with Gasteiger partial charge in [-0.15, -0.1) is 0 Å². The molecular formula is C16H15Cl2NO3. The zero-order valence-corrected chi connectivity index (χ0v) is 13.7. The lowest BCUT2D eigenvalue weighted by Gasteiger charge is -2.16. The number of methoxy groups -OCH3 is 1. The van der Waals surface area contributed by atoms with Crippen LogP contribution in [0.15, 0.2) is 36.7 Å². The predicted octanol–water partition coefficient (Wildman–Crippen LogP) is 4.45. The first-order valence-corrected chi connectivity index (χ1v) is 7.36. The Kier molecular flexibility index (Phi) is 5.77. The Morgan fingerprint density at radius 2 is 1.77 bits per heavy atom. The fourth-order valence-corrected chi connectivity index (χ4v) is 2.64. The van der Waals surface area contributed by atoms with Gasteiger partial charge in [0.2, 0.25) is 0 Å². The van der Waals surface area contributed by atoms with E-state index in [9.17, 15) is 4.79 Å². The zero-order chi connectivity index (χ0) is 16.1. The van der Waals surface area contributed by atoms with Crippen LogP contribution in [0.25, 0.3) is 0 Å². The van der Waals surface area contributed by atoms with E-state index in [2.05, 4.69) is 9.72 Å². The summed E-state index contributed by atoms with van der Waals surface area (Å²) in [5, 5.41) is 0.946. The molecule has 0 aliphatic rings. The van der Waals surface area contributed by atoms with Crippen LogP contribution in [0.1, 0.15) is 34.5 Å². The molecule has 6 heteroatoms. The number of nitrogens with zero attached hydrogens (tertiary/aromatic N) is 1. The van der Waals surface area contributed by atoms with E-state index in [0.29, 0.717) is 27.8 Å². The minimum atomic E-state index is -0.365. The molecule has 1 atom stereocenters. The summed E-state index contributed by atoms with van der Waals surface area (Å²) in [4.78, 5) is 15.3. The second-order valence-electron chi connectivity index (χ2n) is 4.66. The van der Waals surface area contributed by atoms with Crippen molar-refractivity contribution in [1.82, 2.24) is 4.98 Å².